The summed E-state index contributed by atoms with van der Waals surface area (Å²) in [6.07, 6.45) is 1.54. The number of hydrogen-bond acceptors (Lipinski definition) is 1. The fourth-order valence-corrected chi connectivity index (χ4v) is 0.776. The van der Waals surface area contributed by atoms with E-state index in [9.17, 15) is 5.21 Å². The van der Waals surface area contributed by atoms with Gasteiger partial charge in [-0.05, 0) is 6.07 Å². The molecule has 0 atom stereocenters. The summed E-state index contributed by atoms with van der Waals surface area (Å²) in [5, 5.41) is 11.0. The van der Waals surface area contributed by atoms with Crippen LogP contribution in [0.3, 0.4) is 0 Å². The van der Waals surface area contributed by atoms with Gasteiger partial charge in [-0.2, -0.15) is 4.73 Å². The lowest BCUT2D eigenvalue weighted by molar-refractivity contribution is -0.614. The standard InChI is InChI=1S/C8H9NO/c1-3-8-6-4-5-7(2)9(8)10/h3-6H,1H2,2H3. The van der Waals surface area contributed by atoms with Crippen LogP contribution in [0.2, 0.25) is 0 Å². The van der Waals surface area contributed by atoms with Gasteiger partial charge in [0.2, 0.25) is 5.69 Å². The zero-order chi connectivity index (χ0) is 7.56. The van der Waals surface area contributed by atoms with Gasteiger partial charge in [-0.15, -0.1) is 0 Å². The molecule has 0 aromatic carbocycles. The minimum Gasteiger partial charge on any atom is -0.618 e. The highest BCUT2D eigenvalue weighted by Gasteiger charge is 2.00. The molecule has 0 saturated heterocycles. The third-order valence-electron chi connectivity index (χ3n) is 1.37. The summed E-state index contributed by atoms with van der Waals surface area (Å²) in [7, 11) is 0. The molecule has 1 aromatic heterocycles. The van der Waals surface area contributed by atoms with E-state index in [1.165, 1.54) is 0 Å². The highest BCUT2D eigenvalue weighted by molar-refractivity contribution is 5.37. The lowest BCUT2D eigenvalue weighted by Crippen LogP contribution is -2.32. The molecule has 0 spiro atoms. The van der Waals surface area contributed by atoms with Gasteiger partial charge in [0.15, 0.2) is 5.69 Å². The summed E-state index contributed by atoms with van der Waals surface area (Å²) in [6.45, 7) is 5.28. The van der Waals surface area contributed by atoms with Crippen LogP contribution >= 0.6 is 0 Å². The van der Waals surface area contributed by atoms with Crippen LogP contribution in [-0.4, -0.2) is 0 Å². The van der Waals surface area contributed by atoms with Crippen molar-refractivity contribution in [3.8, 4) is 0 Å². The number of hydrogen-bond donors (Lipinski definition) is 0. The van der Waals surface area contributed by atoms with Gasteiger partial charge in [-0.1, -0.05) is 6.58 Å². The summed E-state index contributed by atoms with van der Waals surface area (Å²) >= 11 is 0. The third-order valence-corrected chi connectivity index (χ3v) is 1.37. The number of pyridine rings is 1. The van der Waals surface area contributed by atoms with Crippen LogP contribution in [0.1, 0.15) is 11.4 Å². The van der Waals surface area contributed by atoms with Crippen molar-refractivity contribution in [2.24, 2.45) is 0 Å². The Bertz CT molecular complexity index is 255. The van der Waals surface area contributed by atoms with Crippen molar-refractivity contribution in [1.82, 2.24) is 0 Å². The maximum absolute atomic E-state index is 11.0. The van der Waals surface area contributed by atoms with Crippen molar-refractivity contribution in [2.75, 3.05) is 0 Å². The summed E-state index contributed by atoms with van der Waals surface area (Å²) in [6, 6.07) is 5.33. The van der Waals surface area contributed by atoms with Crippen LogP contribution in [0.25, 0.3) is 6.08 Å². The molecule has 0 unspecified atom stereocenters. The van der Waals surface area contributed by atoms with E-state index >= 15 is 0 Å². The lowest BCUT2D eigenvalue weighted by atomic mass is 10.3. The van der Waals surface area contributed by atoms with Gasteiger partial charge in [-0.3, -0.25) is 0 Å². The second-order valence-electron chi connectivity index (χ2n) is 2.09. The van der Waals surface area contributed by atoms with Gasteiger partial charge < -0.3 is 5.21 Å². The molecule has 2 heteroatoms. The van der Waals surface area contributed by atoms with Crippen molar-refractivity contribution >= 4 is 6.08 Å². The molecule has 0 N–H and O–H groups in total. The highest BCUT2D eigenvalue weighted by atomic mass is 16.5. The maximum Gasteiger partial charge on any atom is 0.216 e. The smallest absolute Gasteiger partial charge is 0.216 e. The van der Waals surface area contributed by atoms with Gasteiger partial charge in [-0.25, -0.2) is 0 Å². The minimum atomic E-state index is 0.597. The second-order valence-corrected chi connectivity index (χ2v) is 2.09. The van der Waals surface area contributed by atoms with Crippen molar-refractivity contribution in [2.45, 2.75) is 6.92 Å². The SMILES string of the molecule is C=Cc1cccc(C)[n+]1[O-]. The van der Waals surface area contributed by atoms with Crippen LogP contribution in [0.15, 0.2) is 24.8 Å². The molecule has 10 heavy (non-hydrogen) atoms. The molecule has 1 aromatic rings. The zero-order valence-corrected chi connectivity index (χ0v) is 5.87. The normalized spacial score (nSPS) is 9.30. The first-order chi connectivity index (χ1) is 4.75. The van der Waals surface area contributed by atoms with Gasteiger partial charge in [0.25, 0.3) is 0 Å². The van der Waals surface area contributed by atoms with Crippen molar-refractivity contribution in [3.63, 3.8) is 0 Å². The minimum absolute atomic E-state index is 0.597. The van der Waals surface area contributed by atoms with E-state index in [2.05, 4.69) is 6.58 Å². The molecule has 52 valence electrons. The molecule has 2 nitrogen and oxygen atoms in total. The van der Waals surface area contributed by atoms with E-state index in [0.717, 1.165) is 4.73 Å². The molecular weight excluding hydrogens is 126 g/mol. The van der Waals surface area contributed by atoms with E-state index < -0.39 is 0 Å². The zero-order valence-electron chi connectivity index (χ0n) is 5.87. The molecule has 0 bridgehead atoms. The first-order valence-corrected chi connectivity index (χ1v) is 3.07. The molecule has 0 saturated carbocycles. The number of nitrogens with zero attached hydrogens (tertiary/aromatic N) is 1. The first kappa shape index (κ1) is 6.81. The molecular formula is C8H9NO. The molecule has 1 rings (SSSR count). The molecule has 0 aliphatic rings. The van der Waals surface area contributed by atoms with Crippen LogP contribution in [0.5, 0.6) is 0 Å². The summed E-state index contributed by atoms with van der Waals surface area (Å²) in [4.78, 5) is 0. The second kappa shape index (κ2) is 2.52. The maximum atomic E-state index is 11.0. The average Bonchev–Trinajstić information content (AvgIpc) is 1.95. The fraction of sp³-hybridized carbons (Fsp3) is 0.125. The van der Waals surface area contributed by atoms with Crippen LogP contribution < -0.4 is 4.73 Å². The van der Waals surface area contributed by atoms with E-state index in [4.69, 9.17) is 0 Å². The van der Waals surface area contributed by atoms with Crippen LogP contribution in [0, 0.1) is 12.1 Å². The Kier molecular flexibility index (Phi) is 1.71. The van der Waals surface area contributed by atoms with Gasteiger partial charge in [0, 0.05) is 25.1 Å². The Hall–Kier alpha value is -1.31. The van der Waals surface area contributed by atoms with E-state index in [1.807, 2.05) is 6.07 Å². The Balaban J connectivity index is 3.27. The van der Waals surface area contributed by atoms with Crippen LogP contribution in [0.4, 0.5) is 0 Å². The Morgan fingerprint density at radius 3 is 2.80 bits per heavy atom. The lowest BCUT2D eigenvalue weighted by Gasteiger charge is -2.01. The largest absolute Gasteiger partial charge is 0.618 e. The van der Waals surface area contributed by atoms with E-state index in [0.29, 0.717) is 11.4 Å². The van der Waals surface area contributed by atoms with Gasteiger partial charge in [0.05, 0.1) is 0 Å². The summed E-state index contributed by atoms with van der Waals surface area (Å²) < 4.78 is 0.854. The first-order valence-electron chi connectivity index (χ1n) is 3.07. The highest BCUT2D eigenvalue weighted by Crippen LogP contribution is 1.95. The summed E-state index contributed by atoms with van der Waals surface area (Å²) in [5.41, 5.74) is 1.29. The van der Waals surface area contributed by atoms with Crippen molar-refractivity contribution < 1.29 is 4.73 Å². The van der Waals surface area contributed by atoms with Crippen molar-refractivity contribution in [3.05, 3.63) is 41.4 Å². The Morgan fingerprint density at radius 1 is 1.60 bits per heavy atom. The quantitative estimate of drug-likeness (QED) is 0.421. The topological polar surface area (TPSA) is 26.9 Å². The van der Waals surface area contributed by atoms with Crippen molar-refractivity contribution in [1.29, 1.82) is 0 Å². The predicted octanol–water partition coefficient (Wildman–Crippen LogP) is 1.27. The molecule has 0 radical (unpaired) electrons. The Morgan fingerprint density at radius 2 is 2.30 bits per heavy atom. The fourth-order valence-electron chi connectivity index (χ4n) is 0.776. The molecule has 0 fully saturated rings. The van der Waals surface area contributed by atoms with E-state index in [1.54, 1.807) is 25.1 Å². The van der Waals surface area contributed by atoms with E-state index in [-0.39, 0.29) is 0 Å². The average molecular weight is 135 g/mol. The molecule has 0 aliphatic heterocycles. The number of aromatic nitrogens is 1. The van der Waals surface area contributed by atoms with Gasteiger partial charge in [0.1, 0.15) is 0 Å². The summed E-state index contributed by atoms with van der Waals surface area (Å²) in [5.74, 6) is 0. The number of aryl methyl sites for hydroxylation is 1. The molecule has 1 heterocycles. The molecule has 0 aliphatic carbocycles. The number of rotatable bonds is 1. The Labute approximate surface area is 60.0 Å². The third kappa shape index (κ3) is 1.00. The molecule has 0 amide bonds. The predicted molar refractivity (Wildman–Crippen MR) is 40.2 cm³/mol. The van der Waals surface area contributed by atoms with Gasteiger partial charge >= 0.3 is 0 Å². The monoisotopic (exact) mass is 135 g/mol. The van der Waals surface area contributed by atoms with Crippen LogP contribution in [-0.2, 0) is 0 Å².